The van der Waals surface area contributed by atoms with Gasteiger partial charge in [-0.1, -0.05) is 57.3 Å². The van der Waals surface area contributed by atoms with Gasteiger partial charge in [0.25, 0.3) is 0 Å². The fraction of sp³-hybridized carbons (Fsp3) is 0.778. The van der Waals surface area contributed by atoms with E-state index in [1.807, 2.05) is 0 Å². The van der Waals surface area contributed by atoms with E-state index in [-0.39, 0.29) is 0 Å². The van der Waals surface area contributed by atoms with E-state index in [0.717, 1.165) is 0 Å². The molecule has 0 saturated heterocycles. The molecule has 0 unspecified atom stereocenters. The molecule has 0 aromatic rings. The van der Waals surface area contributed by atoms with Crippen LogP contribution in [0.1, 0.15) is 32.1 Å². The third kappa shape index (κ3) is 11.2. The van der Waals surface area contributed by atoms with Gasteiger partial charge in [-0.3, -0.25) is 0 Å². The summed E-state index contributed by atoms with van der Waals surface area (Å²) in [4.78, 5) is 0. The average Bonchev–Trinajstić information content (AvgIpc) is 2.03. The molecule has 0 bridgehead atoms. The van der Waals surface area contributed by atoms with Crippen molar-refractivity contribution < 1.29 is 0 Å². The molecule has 0 rings (SSSR count). The second kappa shape index (κ2) is 11.2. The molecule has 0 radical (unpaired) electrons. The van der Waals surface area contributed by atoms with Crippen LogP contribution in [0.3, 0.4) is 0 Å². The van der Waals surface area contributed by atoms with E-state index < -0.39 is 0 Å². The summed E-state index contributed by atoms with van der Waals surface area (Å²) in [5.74, 6) is 0. The molecule has 0 atom stereocenters. The van der Waals surface area contributed by atoms with Gasteiger partial charge in [0.05, 0.1) is 0 Å². The molecule has 0 aliphatic heterocycles. The van der Waals surface area contributed by atoms with Crippen molar-refractivity contribution in [1.29, 1.82) is 0 Å². The predicted octanol–water partition coefficient (Wildman–Crippen LogP) is 4.36. The molecule has 0 aliphatic carbocycles. The maximum Gasteiger partial charge on any atom is -0.000178 e. The Morgan fingerprint density at radius 3 is 1.82 bits per heavy atom. The minimum Gasteiger partial charge on any atom is -0.0885 e. The Bertz CT molecular complexity index is 89.6. The normalized spacial score (nSPS) is 11.1. The topological polar surface area (TPSA) is 0 Å². The lowest BCUT2D eigenvalue weighted by Crippen LogP contribution is -1.74. The van der Waals surface area contributed by atoms with Crippen LogP contribution in [-0.2, 0) is 0 Å². The highest BCUT2D eigenvalue weighted by Crippen LogP contribution is 2.01. The van der Waals surface area contributed by atoms with E-state index >= 15 is 0 Å². The van der Waals surface area contributed by atoms with Crippen molar-refractivity contribution in [3.63, 3.8) is 0 Å². The first-order valence-electron chi connectivity index (χ1n) is 4.18. The van der Waals surface area contributed by atoms with Crippen molar-refractivity contribution in [2.45, 2.75) is 32.1 Å². The summed E-state index contributed by atoms with van der Waals surface area (Å²) < 4.78 is 2.59. The zero-order valence-corrected chi connectivity index (χ0v) is 11.2. The van der Waals surface area contributed by atoms with E-state index in [1.54, 1.807) is 0 Å². The second-order valence-electron chi connectivity index (χ2n) is 2.49. The molecule has 0 aliphatic rings. The van der Waals surface area contributed by atoms with Crippen molar-refractivity contribution in [3.8, 4) is 0 Å². The molecule has 0 aromatic carbocycles. The van der Waals surface area contributed by atoms with Crippen LogP contribution in [0.2, 0.25) is 0 Å². The number of allylic oxidation sites excluding steroid dienone is 2. The van der Waals surface area contributed by atoms with E-state index in [9.17, 15) is 0 Å². The zero-order chi connectivity index (χ0) is 8.36. The fourth-order valence-corrected chi connectivity index (χ4v) is 1.77. The summed E-state index contributed by atoms with van der Waals surface area (Å²) in [5.41, 5.74) is 0. The summed E-state index contributed by atoms with van der Waals surface area (Å²) in [5, 5.41) is 0. The zero-order valence-electron chi connectivity index (χ0n) is 6.86. The highest BCUT2D eigenvalue weighted by Gasteiger charge is 1.82. The highest BCUT2D eigenvalue weighted by atomic mass is 127. The van der Waals surface area contributed by atoms with Gasteiger partial charge < -0.3 is 0 Å². The SMILES string of the molecule is ICCCC=CCCCCI. The fourth-order valence-electron chi connectivity index (χ4n) is 0.787. The van der Waals surface area contributed by atoms with Gasteiger partial charge >= 0.3 is 0 Å². The highest BCUT2D eigenvalue weighted by molar-refractivity contribution is 14.1. The van der Waals surface area contributed by atoms with Crippen molar-refractivity contribution in [3.05, 3.63) is 12.2 Å². The lowest BCUT2D eigenvalue weighted by molar-refractivity contribution is 0.826. The first-order chi connectivity index (χ1) is 5.41. The Morgan fingerprint density at radius 2 is 1.27 bits per heavy atom. The van der Waals surface area contributed by atoms with Crippen molar-refractivity contribution in [1.82, 2.24) is 0 Å². The van der Waals surface area contributed by atoms with Gasteiger partial charge in [-0.15, -0.1) is 0 Å². The van der Waals surface area contributed by atoms with Gasteiger partial charge in [0.1, 0.15) is 0 Å². The van der Waals surface area contributed by atoms with Gasteiger partial charge in [-0.25, -0.2) is 0 Å². The third-order valence-corrected chi connectivity index (χ3v) is 2.95. The van der Waals surface area contributed by atoms with E-state index in [1.165, 1.54) is 41.0 Å². The quantitative estimate of drug-likeness (QED) is 0.267. The molecule has 0 aromatic heterocycles. The van der Waals surface area contributed by atoms with Gasteiger partial charge in [-0.05, 0) is 41.0 Å². The molecule has 66 valence electrons. The van der Waals surface area contributed by atoms with Crippen LogP contribution < -0.4 is 0 Å². The monoisotopic (exact) mass is 378 g/mol. The number of hydrogen-bond acceptors (Lipinski definition) is 0. The molecule has 0 nitrogen and oxygen atoms in total. The minimum atomic E-state index is 1.27. The largest absolute Gasteiger partial charge is 0.0885 e. The van der Waals surface area contributed by atoms with Crippen molar-refractivity contribution in [2.24, 2.45) is 0 Å². The second-order valence-corrected chi connectivity index (χ2v) is 4.64. The molecule has 0 amide bonds. The Balaban J connectivity index is 2.91. The molecule has 2 heteroatoms. The third-order valence-electron chi connectivity index (χ3n) is 1.43. The van der Waals surface area contributed by atoms with Crippen LogP contribution in [0.4, 0.5) is 0 Å². The predicted molar refractivity (Wildman–Crippen MR) is 70.0 cm³/mol. The molecular formula is C9H16I2. The molecule has 0 spiro atoms. The first-order valence-corrected chi connectivity index (χ1v) is 7.24. The van der Waals surface area contributed by atoms with Crippen LogP contribution in [0.25, 0.3) is 0 Å². The summed E-state index contributed by atoms with van der Waals surface area (Å²) >= 11 is 4.86. The smallest absolute Gasteiger partial charge is 0.000178 e. The lowest BCUT2D eigenvalue weighted by Gasteiger charge is -1.91. The average molecular weight is 378 g/mol. The number of halogens is 2. The van der Waals surface area contributed by atoms with Crippen LogP contribution >= 0.6 is 45.2 Å². The Labute approximate surface area is 97.5 Å². The molecular weight excluding hydrogens is 362 g/mol. The van der Waals surface area contributed by atoms with Gasteiger partial charge in [0.15, 0.2) is 0 Å². The molecule has 0 fully saturated rings. The number of alkyl halides is 2. The Hall–Kier alpha value is 1.20. The van der Waals surface area contributed by atoms with E-state index in [0.29, 0.717) is 0 Å². The Kier molecular flexibility index (Phi) is 12.4. The summed E-state index contributed by atoms with van der Waals surface area (Å²) in [6, 6.07) is 0. The molecule has 0 saturated carbocycles. The molecule has 11 heavy (non-hydrogen) atoms. The van der Waals surface area contributed by atoms with E-state index in [2.05, 4.69) is 57.3 Å². The van der Waals surface area contributed by atoms with E-state index in [4.69, 9.17) is 0 Å². The standard InChI is InChI=1S/C9H16I2/c10-8-6-4-2-1-3-5-7-9-11/h1-2H,3-9H2. The van der Waals surface area contributed by atoms with Crippen molar-refractivity contribution >= 4 is 45.2 Å². The maximum absolute atomic E-state index is 2.44. The van der Waals surface area contributed by atoms with Crippen molar-refractivity contribution in [2.75, 3.05) is 8.86 Å². The van der Waals surface area contributed by atoms with Crippen LogP contribution in [0.5, 0.6) is 0 Å². The molecule has 0 heterocycles. The summed E-state index contributed by atoms with van der Waals surface area (Å²) in [6.45, 7) is 0. The molecule has 0 N–H and O–H groups in total. The number of hydrogen-bond donors (Lipinski definition) is 0. The Morgan fingerprint density at radius 1 is 0.727 bits per heavy atom. The maximum atomic E-state index is 2.44. The van der Waals surface area contributed by atoms with Gasteiger partial charge in [-0.2, -0.15) is 0 Å². The summed E-state index contributed by atoms with van der Waals surface area (Å²) in [7, 11) is 0. The van der Waals surface area contributed by atoms with Crippen LogP contribution in [0, 0.1) is 0 Å². The van der Waals surface area contributed by atoms with Gasteiger partial charge in [0.2, 0.25) is 0 Å². The summed E-state index contributed by atoms with van der Waals surface area (Å²) in [6.07, 6.45) is 11.3. The first kappa shape index (κ1) is 12.2. The minimum absolute atomic E-state index is 1.27. The number of unbranched alkanes of at least 4 members (excludes halogenated alkanes) is 3. The number of rotatable bonds is 7. The van der Waals surface area contributed by atoms with Crippen LogP contribution in [0.15, 0.2) is 12.2 Å². The lowest BCUT2D eigenvalue weighted by atomic mass is 10.2. The van der Waals surface area contributed by atoms with Gasteiger partial charge in [0, 0.05) is 0 Å². The van der Waals surface area contributed by atoms with Crippen LogP contribution in [-0.4, -0.2) is 8.86 Å².